The highest BCUT2D eigenvalue weighted by molar-refractivity contribution is 8.14. The molecule has 35 heavy (non-hydrogen) atoms. The number of carbonyl (C=O) groups is 3. The number of carbonyl (C=O) groups excluding carboxylic acids is 3. The minimum Gasteiger partial charge on any atom is -0.468 e. The molecule has 1 aliphatic carbocycles. The van der Waals surface area contributed by atoms with Crippen LogP contribution in [0.15, 0.2) is 35.9 Å². The van der Waals surface area contributed by atoms with Gasteiger partial charge in [-0.3, -0.25) is 24.2 Å². The van der Waals surface area contributed by atoms with Crippen molar-refractivity contribution in [2.24, 2.45) is 5.92 Å². The maximum absolute atomic E-state index is 14.8. The molecule has 1 aromatic carbocycles. The number of hydrogen-bond acceptors (Lipinski definition) is 8. The van der Waals surface area contributed by atoms with Crippen LogP contribution in [0.2, 0.25) is 0 Å². The van der Waals surface area contributed by atoms with E-state index >= 15 is 0 Å². The number of piperidine rings is 1. The fourth-order valence-electron chi connectivity index (χ4n) is 5.15. The molecular formula is C26H33FN2O5S. The molecule has 7 nitrogen and oxygen atoms in total. The normalized spacial score (nSPS) is 27.7. The number of hydrogen-bond donors (Lipinski definition) is 1. The summed E-state index contributed by atoms with van der Waals surface area (Å²) in [4.78, 5) is 41.3. The lowest BCUT2D eigenvalue weighted by molar-refractivity contribution is -0.145. The third-order valence-electron chi connectivity index (χ3n) is 7.04. The number of benzene rings is 1. The molecule has 2 unspecified atom stereocenters. The summed E-state index contributed by atoms with van der Waals surface area (Å²) in [5.41, 5.74) is 1.38. The third kappa shape index (κ3) is 6.20. The van der Waals surface area contributed by atoms with E-state index in [2.05, 4.69) is 0 Å². The molecule has 0 radical (unpaired) electrons. The lowest BCUT2D eigenvalue weighted by atomic mass is 9.93. The number of aliphatic hydroxyl groups is 1. The van der Waals surface area contributed by atoms with Crippen molar-refractivity contribution in [1.82, 2.24) is 9.80 Å². The molecule has 2 saturated heterocycles. The lowest BCUT2D eigenvalue weighted by Gasteiger charge is -2.39. The summed E-state index contributed by atoms with van der Waals surface area (Å²) in [6, 6.07) is 5.28. The largest absolute Gasteiger partial charge is 0.468 e. The van der Waals surface area contributed by atoms with Gasteiger partial charge >= 0.3 is 5.97 Å². The van der Waals surface area contributed by atoms with Crippen molar-refractivity contribution in [1.29, 1.82) is 0 Å². The van der Waals surface area contributed by atoms with Crippen molar-refractivity contribution >= 4 is 28.6 Å². The van der Waals surface area contributed by atoms with Crippen molar-refractivity contribution in [3.63, 3.8) is 0 Å². The monoisotopic (exact) mass is 504 g/mol. The van der Waals surface area contributed by atoms with Crippen LogP contribution < -0.4 is 0 Å². The minimum absolute atomic E-state index is 0.0121. The van der Waals surface area contributed by atoms with Gasteiger partial charge in [-0.2, -0.15) is 0 Å². The highest BCUT2D eigenvalue weighted by Gasteiger charge is 2.42. The summed E-state index contributed by atoms with van der Waals surface area (Å²) in [6.45, 7) is 3.32. The van der Waals surface area contributed by atoms with Gasteiger partial charge in [0, 0.05) is 56.3 Å². The predicted octanol–water partition coefficient (Wildman–Crippen LogP) is 2.73. The lowest BCUT2D eigenvalue weighted by Crippen LogP contribution is -2.44. The van der Waals surface area contributed by atoms with Crippen LogP contribution in [0.5, 0.6) is 0 Å². The number of nitrogens with zero attached hydrogens (tertiary/aromatic N) is 2. The van der Waals surface area contributed by atoms with Crippen molar-refractivity contribution < 1.29 is 28.6 Å². The average Bonchev–Trinajstić information content (AvgIpc) is 3.61. The molecule has 4 atom stereocenters. The Bertz CT molecular complexity index is 998. The summed E-state index contributed by atoms with van der Waals surface area (Å²) >= 11 is 1.27. The number of methoxy groups -OCH3 is 1. The number of rotatable bonds is 8. The van der Waals surface area contributed by atoms with E-state index in [0.717, 1.165) is 18.4 Å². The molecule has 9 heteroatoms. The Labute approximate surface area is 209 Å². The summed E-state index contributed by atoms with van der Waals surface area (Å²) in [5.74, 6) is -0.734. The van der Waals surface area contributed by atoms with Gasteiger partial charge in [-0.1, -0.05) is 36.0 Å². The zero-order chi connectivity index (χ0) is 25.1. The second-order valence-electron chi connectivity index (χ2n) is 9.62. The van der Waals surface area contributed by atoms with Gasteiger partial charge in [0.25, 0.3) is 0 Å². The molecule has 0 bridgehead atoms. The van der Waals surface area contributed by atoms with Gasteiger partial charge in [0.15, 0.2) is 10.9 Å². The van der Waals surface area contributed by atoms with E-state index in [0.29, 0.717) is 44.6 Å². The average molecular weight is 505 g/mol. The molecule has 0 amide bonds. The van der Waals surface area contributed by atoms with Crippen molar-refractivity contribution in [3.05, 3.63) is 47.3 Å². The van der Waals surface area contributed by atoms with Gasteiger partial charge in [-0.05, 0) is 30.9 Å². The number of ether oxygens (including phenoxy) is 1. The van der Waals surface area contributed by atoms with Gasteiger partial charge in [0.05, 0.1) is 19.3 Å². The topological polar surface area (TPSA) is 87.2 Å². The molecule has 1 saturated carbocycles. The molecular weight excluding hydrogens is 471 g/mol. The second-order valence-corrected chi connectivity index (χ2v) is 11.0. The maximum Gasteiger partial charge on any atom is 0.323 e. The van der Waals surface area contributed by atoms with Crippen molar-refractivity contribution in [3.8, 4) is 0 Å². The number of esters is 1. The quantitative estimate of drug-likeness (QED) is 0.427. The number of Topliss-reactive ketones (excluding diaryl/α,β-unsaturated/α-hetero) is 1. The standard InChI is InChI=1S/C26H33FN2O5S/c1-16(30)35-23-10-12-29(24(25(32)17-7-8-17)20-5-3-4-6-21(20)27)14-18(23)9-11-28-15-19(31)13-22(28)26(33)34-2/h3-6,9,17,19,22-24,31H,7-8,10-15H2,1-2H3/b18-9-/t19-,22+,23?,24?/m1/s1. The zero-order valence-corrected chi connectivity index (χ0v) is 21.0. The first-order valence-corrected chi connectivity index (χ1v) is 13.0. The second kappa shape index (κ2) is 11.3. The molecule has 2 aliphatic heterocycles. The van der Waals surface area contributed by atoms with Crippen LogP contribution in [-0.2, 0) is 19.1 Å². The zero-order valence-electron chi connectivity index (χ0n) is 20.2. The van der Waals surface area contributed by atoms with Gasteiger partial charge in [-0.15, -0.1) is 0 Å². The van der Waals surface area contributed by atoms with Crippen molar-refractivity contribution in [2.75, 3.05) is 33.3 Å². The number of likely N-dealkylation sites (tertiary alicyclic amines) is 2. The van der Waals surface area contributed by atoms with E-state index in [1.54, 1.807) is 18.2 Å². The predicted molar refractivity (Wildman–Crippen MR) is 131 cm³/mol. The molecule has 2 heterocycles. The number of β-amino-alcohol motifs (C(OH)–C–C–N with tert-alkyl or cyclic N) is 1. The summed E-state index contributed by atoms with van der Waals surface area (Å²) in [7, 11) is 1.34. The molecule has 0 spiro atoms. The molecule has 3 fully saturated rings. The molecule has 1 aromatic rings. The summed E-state index contributed by atoms with van der Waals surface area (Å²) in [5, 5.41) is 10.1. The van der Waals surface area contributed by atoms with Crippen LogP contribution in [0.25, 0.3) is 0 Å². The number of halogens is 1. The summed E-state index contributed by atoms with van der Waals surface area (Å²) in [6.07, 6.45) is 4.05. The first-order valence-electron chi connectivity index (χ1n) is 12.2. The maximum atomic E-state index is 14.8. The Hall–Kier alpha value is -2.07. The number of thioether (sulfide) groups is 1. The first kappa shape index (κ1) is 26.0. The van der Waals surface area contributed by atoms with E-state index in [1.807, 2.05) is 15.9 Å². The van der Waals surface area contributed by atoms with Crippen LogP contribution in [0.4, 0.5) is 4.39 Å². The van der Waals surface area contributed by atoms with E-state index in [4.69, 9.17) is 4.74 Å². The third-order valence-corrected chi connectivity index (χ3v) is 8.20. The van der Waals surface area contributed by atoms with Crippen LogP contribution in [0, 0.1) is 11.7 Å². The smallest absolute Gasteiger partial charge is 0.323 e. The highest BCUT2D eigenvalue weighted by Crippen LogP contribution is 2.40. The van der Waals surface area contributed by atoms with Gasteiger partial charge in [-0.25, -0.2) is 4.39 Å². The molecule has 0 aromatic heterocycles. The fourth-order valence-corrected chi connectivity index (χ4v) is 6.10. The van der Waals surface area contributed by atoms with Gasteiger partial charge < -0.3 is 9.84 Å². The van der Waals surface area contributed by atoms with E-state index < -0.39 is 18.2 Å². The van der Waals surface area contributed by atoms with E-state index in [1.165, 1.54) is 31.9 Å². The van der Waals surface area contributed by atoms with Crippen LogP contribution >= 0.6 is 11.8 Å². The molecule has 3 aliphatic rings. The summed E-state index contributed by atoms with van der Waals surface area (Å²) < 4.78 is 19.7. The van der Waals surface area contributed by atoms with Crippen molar-refractivity contribution in [2.45, 2.75) is 56.0 Å². The SMILES string of the molecule is COC(=O)[C@@H]1C[C@@H](O)CN1C/C=C1/CN(C(C(=O)C2CC2)c2ccccc2F)CCC1SC(C)=O. The Morgan fingerprint density at radius 1 is 1.26 bits per heavy atom. The van der Waals surface area contributed by atoms with Gasteiger partial charge in [0.1, 0.15) is 11.9 Å². The fraction of sp³-hybridized carbons (Fsp3) is 0.577. The van der Waals surface area contributed by atoms with Crippen LogP contribution in [0.1, 0.15) is 44.2 Å². The minimum atomic E-state index is -0.660. The molecule has 190 valence electrons. The Morgan fingerprint density at radius 3 is 2.66 bits per heavy atom. The Balaban J connectivity index is 1.59. The number of ketones is 1. The molecule has 1 N–H and O–H groups in total. The van der Waals surface area contributed by atoms with Crippen LogP contribution in [-0.4, -0.2) is 82.5 Å². The first-order chi connectivity index (χ1) is 16.8. The van der Waals surface area contributed by atoms with E-state index in [9.17, 15) is 23.9 Å². The van der Waals surface area contributed by atoms with Gasteiger partial charge in [0.2, 0.25) is 0 Å². The van der Waals surface area contributed by atoms with E-state index in [-0.39, 0.29) is 33.9 Å². The number of aliphatic hydroxyl groups excluding tert-OH is 1. The Kier molecular flexibility index (Phi) is 8.42. The highest BCUT2D eigenvalue weighted by atomic mass is 32.2. The molecule has 4 rings (SSSR count). The van der Waals surface area contributed by atoms with Crippen LogP contribution in [0.3, 0.4) is 0 Å². The Morgan fingerprint density at radius 2 is 2.00 bits per heavy atom.